The monoisotopic (exact) mass is 395 g/mol. The summed E-state index contributed by atoms with van der Waals surface area (Å²) >= 11 is 0. The molecule has 0 aromatic heterocycles. The first kappa shape index (κ1) is 28.0. The van der Waals surface area contributed by atoms with Gasteiger partial charge in [-0.1, -0.05) is 106 Å². The first-order valence-corrected chi connectivity index (χ1v) is 13.1. The summed E-state index contributed by atoms with van der Waals surface area (Å²) in [5.41, 5.74) is 0. The standard InChI is InChI=1S/C27H57N/c1-8-10-19-27(9-2)23-28(20-15-12-11-13-17-24(3)4)21-16-14-18-26(7)22-25(5)6/h24-27H,8-23H2,1-7H3. The van der Waals surface area contributed by atoms with Gasteiger partial charge in [-0.3, -0.25) is 0 Å². The molecule has 0 aliphatic heterocycles. The molecular weight excluding hydrogens is 338 g/mol. The van der Waals surface area contributed by atoms with E-state index in [1.165, 1.54) is 103 Å². The van der Waals surface area contributed by atoms with Crippen molar-refractivity contribution in [3.63, 3.8) is 0 Å². The molecule has 2 unspecified atom stereocenters. The maximum absolute atomic E-state index is 2.83. The van der Waals surface area contributed by atoms with Crippen molar-refractivity contribution in [2.75, 3.05) is 19.6 Å². The number of rotatable bonds is 20. The third-order valence-electron chi connectivity index (χ3n) is 6.36. The van der Waals surface area contributed by atoms with Crippen molar-refractivity contribution in [1.29, 1.82) is 0 Å². The number of nitrogens with zero attached hydrogens (tertiary/aromatic N) is 1. The van der Waals surface area contributed by atoms with E-state index in [0.29, 0.717) is 0 Å². The summed E-state index contributed by atoms with van der Waals surface area (Å²) in [6.07, 6.45) is 18.3. The largest absolute Gasteiger partial charge is 0.303 e. The fourth-order valence-electron chi connectivity index (χ4n) is 4.57. The van der Waals surface area contributed by atoms with Crippen LogP contribution in [-0.2, 0) is 0 Å². The molecule has 2 atom stereocenters. The fraction of sp³-hybridized carbons (Fsp3) is 1.00. The lowest BCUT2D eigenvalue weighted by molar-refractivity contribution is 0.208. The average Bonchev–Trinajstić information content (AvgIpc) is 2.63. The molecule has 0 spiro atoms. The second-order valence-corrected chi connectivity index (χ2v) is 10.5. The highest BCUT2D eigenvalue weighted by Crippen LogP contribution is 2.19. The van der Waals surface area contributed by atoms with Gasteiger partial charge in [0.2, 0.25) is 0 Å². The Balaban J connectivity index is 4.23. The van der Waals surface area contributed by atoms with Crippen LogP contribution < -0.4 is 0 Å². The minimum absolute atomic E-state index is 0.853. The lowest BCUT2D eigenvalue weighted by atomic mass is 9.94. The van der Waals surface area contributed by atoms with E-state index in [1.807, 2.05) is 0 Å². The molecule has 0 amide bonds. The molecule has 0 aromatic rings. The van der Waals surface area contributed by atoms with Crippen LogP contribution in [0.3, 0.4) is 0 Å². The molecule has 0 aliphatic rings. The molecule has 170 valence electrons. The Kier molecular flexibility index (Phi) is 18.9. The van der Waals surface area contributed by atoms with Gasteiger partial charge in [0.15, 0.2) is 0 Å². The Hall–Kier alpha value is -0.0400. The van der Waals surface area contributed by atoms with Crippen LogP contribution in [0.2, 0.25) is 0 Å². The van der Waals surface area contributed by atoms with Crippen LogP contribution in [0.25, 0.3) is 0 Å². The van der Waals surface area contributed by atoms with Gasteiger partial charge < -0.3 is 4.90 Å². The summed E-state index contributed by atoms with van der Waals surface area (Å²) in [5.74, 6) is 3.55. The molecule has 0 heterocycles. The molecule has 0 aliphatic carbocycles. The third kappa shape index (κ3) is 18.0. The van der Waals surface area contributed by atoms with Gasteiger partial charge in [-0.05, 0) is 62.4 Å². The lowest BCUT2D eigenvalue weighted by Gasteiger charge is -2.27. The highest BCUT2D eigenvalue weighted by Gasteiger charge is 2.13. The van der Waals surface area contributed by atoms with Crippen molar-refractivity contribution < 1.29 is 0 Å². The maximum Gasteiger partial charge on any atom is 0.000955 e. The van der Waals surface area contributed by atoms with E-state index in [9.17, 15) is 0 Å². The van der Waals surface area contributed by atoms with Crippen LogP contribution in [0.15, 0.2) is 0 Å². The molecule has 1 heteroatoms. The zero-order valence-electron chi connectivity index (χ0n) is 21.1. The second kappa shape index (κ2) is 19.0. The van der Waals surface area contributed by atoms with Gasteiger partial charge >= 0.3 is 0 Å². The van der Waals surface area contributed by atoms with Crippen molar-refractivity contribution in [3.05, 3.63) is 0 Å². The Morgan fingerprint density at radius 2 is 1.21 bits per heavy atom. The van der Waals surface area contributed by atoms with Crippen molar-refractivity contribution in [2.24, 2.45) is 23.7 Å². The van der Waals surface area contributed by atoms with E-state index in [0.717, 1.165) is 23.7 Å². The summed E-state index contributed by atoms with van der Waals surface area (Å²) in [5, 5.41) is 0. The first-order valence-electron chi connectivity index (χ1n) is 13.1. The molecule has 0 rings (SSSR count). The van der Waals surface area contributed by atoms with Crippen molar-refractivity contribution in [3.8, 4) is 0 Å². The Morgan fingerprint density at radius 3 is 1.79 bits per heavy atom. The molecule has 0 radical (unpaired) electrons. The van der Waals surface area contributed by atoms with E-state index in [-0.39, 0.29) is 0 Å². The molecule has 0 bridgehead atoms. The Bertz CT molecular complexity index is 309. The summed E-state index contributed by atoms with van der Waals surface area (Å²) in [6.45, 7) is 20.6. The number of hydrogen-bond donors (Lipinski definition) is 0. The smallest absolute Gasteiger partial charge is 0.000955 e. The predicted molar refractivity (Wildman–Crippen MR) is 130 cm³/mol. The normalized spacial score (nSPS) is 14.4. The van der Waals surface area contributed by atoms with E-state index in [4.69, 9.17) is 0 Å². The van der Waals surface area contributed by atoms with Gasteiger partial charge in [-0.25, -0.2) is 0 Å². The summed E-state index contributed by atoms with van der Waals surface area (Å²) < 4.78 is 0. The molecular formula is C27H57N. The van der Waals surface area contributed by atoms with Crippen LogP contribution in [0.5, 0.6) is 0 Å². The predicted octanol–water partition coefficient (Wildman–Crippen LogP) is 8.96. The van der Waals surface area contributed by atoms with Gasteiger partial charge in [-0.2, -0.15) is 0 Å². The highest BCUT2D eigenvalue weighted by atomic mass is 15.1. The highest BCUT2D eigenvalue weighted by molar-refractivity contribution is 4.67. The molecule has 0 saturated heterocycles. The van der Waals surface area contributed by atoms with Crippen LogP contribution in [-0.4, -0.2) is 24.5 Å². The number of hydrogen-bond acceptors (Lipinski definition) is 1. The molecule has 0 fully saturated rings. The van der Waals surface area contributed by atoms with E-state index < -0.39 is 0 Å². The van der Waals surface area contributed by atoms with Crippen LogP contribution in [0, 0.1) is 23.7 Å². The fourth-order valence-corrected chi connectivity index (χ4v) is 4.57. The first-order chi connectivity index (χ1) is 13.4. The minimum atomic E-state index is 0.853. The van der Waals surface area contributed by atoms with Gasteiger partial charge in [0.05, 0.1) is 0 Å². The minimum Gasteiger partial charge on any atom is -0.303 e. The topological polar surface area (TPSA) is 3.24 Å². The molecule has 0 aromatic carbocycles. The Labute approximate surface area is 180 Å². The Morgan fingerprint density at radius 1 is 0.607 bits per heavy atom. The van der Waals surface area contributed by atoms with E-state index >= 15 is 0 Å². The lowest BCUT2D eigenvalue weighted by Crippen LogP contribution is -2.31. The van der Waals surface area contributed by atoms with Crippen LogP contribution in [0.4, 0.5) is 0 Å². The summed E-state index contributed by atoms with van der Waals surface area (Å²) in [4.78, 5) is 2.83. The van der Waals surface area contributed by atoms with Crippen LogP contribution >= 0.6 is 0 Å². The van der Waals surface area contributed by atoms with Gasteiger partial charge in [-0.15, -0.1) is 0 Å². The van der Waals surface area contributed by atoms with Gasteiger partial charge in [0.25, 0.3) is 0 Å². The SMILES string of the molecule is CCCCC(CC)CN(CCCCCCC(C)C)CCCCC(C)CC(C)C. The summed E-state index contributed by atoms with van der Waals surface area (Å²) in [6, 6.07) is 0. The van der Waals surface area contributed by atoms with Crippen molar-refractivity contribution >= 4 is 0 Å². The molecule has 0 saturated carbocycles. The average molecular weight is 396 g/mol. The zero-order chi connectivity index (χ0) is 21.2. The second-order valence-electron chi connectivity index (χ2n) is 10.5. The van der Waals surface area contributed by atoms with E-state index in [2.05, 4.69) is 53.4 Å². The molecule has 1 nitrogen and oxygen atoms in total. The zero-order valence-corrected chi connectivity index (χ0v) is 21.1. The van der Waals surface area contributed by atoms with Crippen LogP contribution in [0.1, 0.15) is 132 Å². The summed E-state index contributed by atoms with van der Waals surface area (Å²) in [7, 11) is 0. The number of unbranched alkanes of at least 4 members (excludes halogenated alkanes) is 5. The van der Waals surface area contributed by atoms with Gasteiger partial charge in [0, 0.05) is 6.54 Å². The van der Waals surface area contributed by atoms with Crippen molar-refractivity contribution in [1.82, 2.24) is 4.90 Å². The third-order valence-corrected chi connectivity index (χ3v) is 6.36. The quantitative estimate of drug-likeness (QED) is 0.186. The van der Waals surface area contributed by atoms with Crippen molar-refractivity contribution in [2.45, 2.75) is 132 Å². The maximum atomic E-state index is 2.83. The van der Waals surface area contributed by atoms with E-state index in [1.54, 1.807) is 0 Å². The van der Waals surface area contributed by atoms with Gasteiger partial charge in [0.1, 0.15) is 0 Å². The molecule has 0 N–H and O–H groups in total. The molecule has 28 heavy (non-hydrogen) atoms.